The molecule has 6 heteroatoms. The smallest absolute Gasteiger partial charge is 0.247 e. The number of nitrogens with one attached hydrogen (secondary N) is 2. The lowest BCUT2D eigenvalue weighted by Crippen LogP contribution is -2.42. The molecule has 0 bridgehead atoms. The van der Waals surface area contributed by atoms with E-state index in [9.17, 15) is 9.59 Å². The summed E-state index contributed by atoms with van der Waals surface area (Å²) >= 11 is 0. The third-order valence-electron chi connectivity index (χ3n) is 2.11. The van der Waals surface area contributed by atoms with E-state index >= 15 is 0 Å². The molecule has 1 aromatic rings. The summed E-state index contributed by atoms with van der Waals surface area (Å²) in [6, 6.07) is 1.94. The highest BCUT2D eigenvalue weighted by atomic mass is 16.2. The predicted molar refractivity (Wildman–Crippen MR) is 45.2 cm³/mol. The molecule has 1 aromatic heterocycles. The van der Waals surface area contributed by atoms with Crippen molar-refractivity contribution in [2.45, 2.75) is 25.8 Å². The highest BCUT2D eigenvalue weighted by Gasteiger charge is 2.28. The van der Waals surface area contributed by atoms with Crippen molar-refractivity contribution in [3.05, 3.63) is 21.0 Å². The van der Waals surface area contributed by atoms with Crippen molar-refractivity contribution in [1.82, 2.24) is 14.8 Å². The van der Waals surface area contributed by atoms with E-state index < -0.39 is 16.9 Å². The fourth-order valence-electron chi connectivity index (χ4n) is 1.05. The molecule has 1 unspecified atom stereocenters. The molecule has 0 amide bonds. The lowest BCUT2D eigenvalue weighted by Gasteiger charge is -2.17. The summed E-state index contributed by atoms with van der Waals surface area (Å²) in [6.07, 6.45) is 0.393. The molecule has 0 aromatic carbocycles. The van der Waals surface area contributed by atoms with Crippen LogP contribution in [0.4, 0.5) is 0 Å². The van der Waals surface area contributed by atoms with E-state index in [1.165, 1.54) is 6.92 Å². The van der Waals surface area contributed by atoms with Gasteiger partial charge in [-0.1, -0.05) is 6.92 Å². The SMILES string of the molecule is CCC(C)(C#N)n1c(=O)[nH][nH]c1=O. The summed E-state index contributed by atoms with van der Waals surface area (Å²) in [7, 11) is 0. The largest absolute Gasteiger partial charge is 0.345 e. The van der Waals surface area contributed by atoms with Gasteiger partial charge in [0.1, 0.15) is 5.54 Å². The molecule has 2 N–H and O–H groups in total. The number of aromatic nitrogens is 3. The van der Waals surface area contributed by atoms with Gasteiger partial charge >= 0.3 is 11.4 Å². The fraction of sp³-hybridized carbons (Fsp3) is 0.571. The van der Waals surface area contributed by atoms with Crippen LogP contribution in [0.3, 0.4) is 0 Å². The Morgan fingerprint density at radius 2 is 1.92 bits per heavy atom. The van der Waals surface area contributed by atoms with Crippen LogP contribution in [0.1, 0.15) is 20.3 Å². The summed E-state index contributed by atoms with van der Waals surface area (Å²) in [5.41, 5.74) is -2.25. The first-order valence-electron chi connectivity index (χ1n) is 3.86. The summed E-state index contributed by atoms with van der Waals surface area (Å²) in [5, 5.41) is 13.1. The number of nitriles is 1. The topological polar surface area (TPSA) is 94.4 Å². The van der Waals surface area contributed by atoms with Gasteiger partial charge < -0.3 is 0 Å². The number of aromatic amines is 2. The molecule has 0 fully saturated rings. The van der Waals surface area contributed by atoms with Gasteiger partial charge in [-0.05, 0) is 13.3 Å². The molecule has 1 rings (SSSR count). The van der Waals surface area contributed by atoms with Gasteiger partial charge in [-0.3, -0.25) is 0 Å². The molecule has 0 saturated heterocycles. The highest BCUT2D eigenvalue weighted by molar-refractivity contribution is 5.01. The van der Waals surface area contributed by atoms with Crippen LogP contribution in [0.15, 0.2) is 9.59 Å². The van der Waals surface area contributed by atoms with Crippen molar-refractivity contribution in [3.8, 4) is 6.07 Å². The van der Waals surface area contributed by atoms with E-state index in [1.807, 2.05) is 6.07 Å². The molecular formula is C7H10N4O2. The molecule has 0 aliphatic rings. The molecule has 0 saturated carbocycles. The maximum absolute atomic E-state index is 11.1. The summed E-state index contributed by atoms with van der Waals surface area (Å²) in [5.74, 6) is 0. The molecule has 1 heterocycles. The Hall–Kier alpha value is -1.77. The average Bonchev–Trinajstić information content (AvgIpc) is 2.46. The third-order valence-corrected chi connectivity index (χ3v) is 2.11. The first-order valence-corrected chi connectivity index (χ1v) is 3.86. The number of rotatable bonds is 2. The van der Waals surface area contributed by atoms with Gasteiger partial charge in [-0.15, -0.1) is 0 Å². The van der Waals surface area contributed by atoms with E-state index in [0.717, 1.165) is 4.57 Å². The Bertz CT molecular complexity index is 419. The number of nitrogens with zero attached hydrogens (tertiary/aromatic N) is 2. The van der Waals surface area contributed by atoms with E-state index in [0.29, 0.717) is 6.42 Å². The van der Waals surface area contributed by atoms with Gasteiger partial charge in [0, 0.05) is 0 Å². The normalized spacial score (nSPS) is 14.8. The van der Waals surface area contributed by atoms with Crippen LogP contribution >= 0.6 is 0 Å². The molecule has 0 aliphatic heterocycles. The Labute approximate surface area is 73.8 Å². The summed E-state index contributed by atoms with van der Waals surface area (Å²) in [6.45, 7) is 3.28. The van der Waals surface area contributed by atoms with Gasteiger partial charge in [0.2, 0.25) is 0 Å². The zero-order valence-electron chi connectivity index (χ0n) is 7.42. The molecular weight excluding hydrogens is 172 g/mol. The van der Waals surface area contributed by atoms with E-state index in [4.69, 9.17) is 5.26 Å². The summed E-state index contributed by atoms with van der Waals surface area (Å²) < 4.78 is 0.882. The van der Waals surface area contributed by atoms with Crippen molar-refractivity contribution in [2.24, 2.45) is 0 Å². The Morgan fingerprint density at radius 3 is 2.23 bits per heavy atom. The van der Waals surface area contributed by atoms with E-state index in [1.54, 1.807) is 6.92 Å². The van der Waals surface area contributed by atoms with Crippen LogP contribution in [0, 0.1) is 11.3 Å². The van der Waals surface area contributed by atoms with E-state index in [-0.39, 0.29) is 0 Å². The van der Waals surface area contributed by atoms with Crippen molar-refractivity contribution in [1.29, 1.82) is 5.26 Å². The first kappa shape index (κ1) is 9.32. The number of H-pyrrole nitrogens is 2. The van der Waals surface area contributed by atoms with Gasteiger partial charge in [0.05, 0.1) is 6.07 Å². The second-order valence-corrected chi connectivity index (χ2v) is 2.93. The molecule has 1 atom stereocenters. The minimum atomic E-state index is -1.08. The van der Waals surface area contributed by atoms with E-state index in [2.05, 4.69) is 10.2 Å². The first-order chi connectivity index (χ1) is 6.05. The lowest BCUT2D eigenvalue weighted by atomic mass is 10.0. The highest BCUT2D eigenvalue weighted by Crippen LogP contribution is 2.13. The molecule has 70 valence electrons. The number of hydrogen-bond donors (Lipinski definition) is 2. The van der Waals surface area contributed by atoms with Gasteiger partial charge in [-0.25, -0.2) is 24.4 Å². The van der Waals surface area contributed by atoms with Crippen molar-refractivity contribution >= 4 is 0 Å². The minimum absolute atomic E-state index is 0.393. The van der Waals surface area contributed by atoms with Crippen LogP contribution in [-0.2, 0) is 5.54 Å². The zero-order valence-corrected chi connectivity index (χ0v) is 7.42. The molecule has 0 radical (unpaired) electrons. The van der Waals surface area contributed by atoms with Crippen molar-refractivity contribution < 1.29 is 0 Å². The van der Waals surface area contributed by atoms with Crippen molar-refractivity contribution in [2.75, 3.05) is 0 Å². The molecule has 13 heavy (non-hydrogen) atoms. The minimum Gasteiger partial charge on any atom is -0.247 e. The fourth-order valence-corrected chi connectivity index (χ4v) is 1.05. The maximum Gasteiger partial charge on any atom is 0.345 e. The quantitative estimate of drug-likeness (QED) is 0.646. The lowest BCUT2D eigenvalue weighted by molar-refractivity contribution is 0.386. The van der Waals surface area contributed by atoms with Crippen LogP contribution < -0.4 is 11.4 Å². The van der Waals surface area contributed by atoms with Crippen LogP contribution in [0.25, 0.3) is 0 Å². The second kappa shape index (κ2) is 2.94. The Morgan fingerprint density at radius 1 is 1.46 bits per heavy atom. The van der Waals surface area contributed by atoms with Gasteiger partial charge in [-0.2, -0.15) is 5.26 Å². The molecule has 6 nitrogen and oxygen atoms in total. The standard InChI is InChI=1S/C7H10N4O2/c1-3-7(2,4-8)11-5(12)9-10-6(11)13/h3H2,1-2H3,(H,9,12)(H,10,13). The van der Waals surface area contributed by atoms with Gasteiger partial charge in [0.25, 0.3) is 0 Å². The second-order valence-electron chi connectivity index (χ2n) is 2.93. The van der Waals surface area contributed by atoms with Crippen LogP contribution in [-0.4, -0.2) is 14.8 Å². The molecule has 0 spiro atoms. The number of hydrogen-bond acceptors (Lipinski definition) is 3. The Kier molecular flexibility index (Phi) is 2.10. The Balaban J connectivity index is 3.46. The predicted octanol–water partition coefficient (Wildman–Crippen LogP) is -0.487. The maximum atomic E-state index is 11.1. The average molecular weight is 182 g/mol. The van der Waals surface area contributed by atoms with Gasteiger partial charge in [0.15, 0.2) is 0 Å². The van der Waals surface area contributed by atoms with Crippen LogP contribution in [0.2, 0.25) is 0 Å². The third kappa shape index (κ3) is 1.28. The van der Waals surface area contributed by atoms with Crippen LogP contribution in [0.5, 0.6) is 0 Å². The monoisotopic (exact) mass is 182 g/mol. The van der Waals surface area contributed by atoms with Crippen molar-refractivity contribution in [3.63, 3.8) is 0 Å². The molecule has 0 aliphatic carbocycles. The summed E-state index contributed by atoms with van der Waals surface area (Å²) in [4.78, 5) is 22.3. The zero-order chi connectivity index (χ0) is 10.1.